The van der Waals surface area contributed by atoms with Crippen molar-refractivity contribution in [3.05, 3.63) is 97.4 Å². The van der Waals surface area contributed by atoms with Crippen LogP contribution in [-0.2, 0) is 0 Å². The summed E-state index contributed by atoms with van der Waals surface area (Å²) in [5.74, 6) is 0.326. The number of Topliss-reactive ketones (excluding diaryl/α,β-unsaturated/α-hetero) is 1. The molecule has 2 aliphatic rings. The standard InChI is InChI=1S/C24H17BrCl2N2O2/c1-13-2-4-15(5-3-13)22(30)24-29-21(18-10-17(26)11-19(27)23(18)31-24)12-20(28-29)14-6-8-16(25)9-7-14/h2-11,21,24H,12H2,1H3/t21-,24+/m0/s1. The van der Waals surface area contributed by atoms with Crippen LogP contribution in [0.1, 0.15) is 39.5 Å². The number of carbonyl (C=O) groups is 1. The molecule has 0 saturated carbocycles. The molecule has 0 unspecified atom stereocenters. The van der Waals surface area contributed by atoms with Gasteiger partial charge in [-0.1, -0.05) is 81.1 Å². The highest BCUT2D eigenvalue weighted by molar-refractivity contribution is 9.10. The van der Waals surface area contributed by atoms with Gasteiger partial charge in [-0.3, -0.25) is 4.79 Å². The van der Waals surface area contributed by atoms with Crippen LogP contribution in [0.5, 0.6) is 5.75 Å². The van der Waals surface area contributed by atoms with Crippen LogP contribution < -0.4 is 4.74 Å². The Bertz CT molecular complexity index is 1210. The molecule has 2 heterocycles. The van der Waals surface area contributed by atoms with Crippen LogP contribution in [0, 0.1) is 6.92 Å². The van der Waals surface area contributed by atoms with E-state index in [4.69, 9.17) is 33.0 Å². The second kappa shape index (κ2) is 7.97. The van der Waals surface area contributed by atoms with Crippen LogP contribution >= 0.6 is 39.1 Å². The zero-order valence-corrected chi connectivity index (χ0v) is 19.6. The van der Waals surface area contributed by atoms with Crippen LogP contribution in [0.2, 0.25) is 10.0 Å². The molecule has 3 aromatic carbocycles. The van der Waals surface area contributed by atoms with E-state index in [1.807, 2.05) is 61.5 Å². The first-order valence-corrected chi connectivity index (χ1v) is 11.3. The molecule has 0 amide bonds. The Morgan fingerprint density at radius 3 is 2.52 bits per heavy atom. The number of hydrogen-bond donors (Lipinski definition) is 0. The van der Waals surface area contributed by atoms with Gasteiger partial charge in [0.1, 0.15) is 5.75 Å². The highest BCUT2D eigenvalue weighted by Gasteiger charge is 2.44. The molecule has 4 nitrogen and oxygen atoms in total. The molecule has 7 heteroatoms. The van der Waals surface area contributed by atoms with Crippen molar-refractivity contribution in [1.29, 1.82) is 0 Å². The Hall–Kier alpha value is -2.34. The van der Waals surface area contributed by atoms with E-state index >= 15 is 0 Å². The summed E-state index contributed by atoms with van der Waals surface area (Å²) in [7, 11) is 0. The van der Waals surface area contributed by atoms with E-state index in [2.05, 4.69) is 15.9 Å². The lowest BCUT2D eigenvalue weighted by Crippen LogP contribution is -2.46. The van der Waals surface area contributed by atoms with E-state index in [1.54, 1.807) is 11.1 Å². The fourth-order valence-electron chi connectivity index (χ4n) is 3.96. The first kappa shape index (κ1) is 20.6. The normalized spacial score (nSPS) is 19.4. The molecule has 2 aliphatic heterocycles. The van der Waals surface area contributed by atoms with E-state index in [0.29, 0.717) is 27.8 Å². The predicted octanol–water partition coefficient (Wildman–Crippen LogP) is 6.82. The number of nitrogens with zero attached hydrogens (tertiary/aromatic N) is 2. The minimum Gasteiger partial charge on any atom is -0.459 e. The minimum absolute atomic E-state index is 0.164. The van der Waals surface area contributed by atoms with Gasteiger partial charge in [0.25, 0.3) is 6.23 Å². The monoisotopic (exact) mass is 514 g/mol. The van der Waals surface area contributed by atoms with Gasteiger partial charge in [0.2, 0.25) is 5.78 Å². The number of hydrogen-bond acceptors (Lipinski definition) is 4. The molecule has 0 N–H and O–H groups in total. The van der Waals surface area contributed by atoms with Crippen molar-refractivity contribution in [3.63, 3.8) is 0 Å². The summed E-state index contributed by atoms with van der Waals surface area (Å²) in [6.45, 7) is 1.98. The van der Waals surface area contributed by atoms with E-state index in [1.165, 1.54) is 0 Å². The average Bonchev–Trinajstić information content (AvgIpc) is 3.19. The molecule has 2 atom stereocenters. The summed E-state index contributed by atoms with van der Waals surface area (Å²) >= 11 is 16.2. The van der Waals surface area contributed by atoms with E-state index in [-0.39, 0.29) is 11.8 Å². The van der Waals surface area contributed by atoms with Crippen molar-refractivity contribution in [3.8, 4) is 5.75 Å². The molecule has 31 heavy (non-hydrogen) atoms. The second-order valence-corrected chi connectivity index (χ2v) is 9.42. The van der Waals surface area contributed by atoms with Gasteiger partial charge in [-0.05, 0) is 36.8 Å². The maximum atomic E-state index is 13.4. The van der Waals surface area contributed by atoms with Crippen molar-refractivity contribution in [2.45, 2.75) is 25.6 Å². The van der Waals surface area contributed by atoms with Gasteiger partial charge < -0.3 is 4.74 Å². The molecule has 0 aromatic heterocycles. The van der Waals surface area contributed by atoms with Crippen molar-refractivity contribution < 1.29 is 9.53 Å². The first-order valence-electron chi connectivity index (χ1n) is 9.79. The molecule has 0 bridgehead atoms. The van der Waals surface area contributed by atoms with E-state index in [0.717, 1.165) is 26.9 Å². The van der Waals surface area contributed by atoms with E-state index < -0.39 is 6.23 Å². The summed E-state index contributed by atoms with van der Waals surface area (Å²) in [5, 5.41) is 7.47. The number of fused-ring (bicyclic) bond motifs is 3. The second-order valence-electron chi connectivity index (χ2n) is 7.66. The fourth-order valence-corrected chi connectivity index (χ4v) is 4.78. The van der Waals surface area contributed by atoms with Crippen molar-refractivity contribution in [1.82, 2.24) is 5.01 Å². The number of hydrazone groups is 1. The van der Waals surface area contributed by atoms with Crippen LogP contribution in [0.3, 0.4) is 0 Å². The third-order valence-electron chi connectivity index (χ3n) is 5.55. The zero-order chi connectivity index (χ0) is 21.7. The van der Waals surface area contributed by atoms with Gasteiger partial charge in [0.15, 0.2) is 0 Å². The Morgan fingerprint density at radius 1 is 1.10 bits per heavy atom. The van der Waals surface area contributed by atoms with Gasteiger partial charge in [-0.25, -0.2) is 5.01 Å². The number of ketones is 1. The number of ether oxygens (including phenoxy) is 1. The van der Waals surface area contributed by atoms with Gasteiger partial charge in [-0.2, -0.15) is 5.10 Å². The summed E-state index contributed by atoms with van der Waals surface area (Å²) in [4.78, 5) is 13.4. The highest BCUT2D eigenvalue weighted by atomic mass is 79.9. The Balaban J connectivity index is 1.59. The Labute approximate surface area is 198 Å². The topological polar surface area (TPSA) is 41.9 Å². The number of benzene rings is 3. The molecule has 5 rings (SSSR count). The number of aryl methyl sites for hydroxylation is 1. The van der Waals surface area contributed by atoms with Crippen molar-refractivity contribution in [2.24, 2.45) is 5.10 Å². The fraction of sp³-hybridized carbons (Fsp3) is 0.167. The lowest BCUT2D eigenvalue weighted by molar-refractivity contribution is -0.00447. The molecule has 0 aliphatic carbocycles. The highest BCUT2D eigenvalue weighted by Crippen LogP contribution is 2.47. The summed E-state index contributed by atoms with van der Waals surface area (Å²) in [5.41, 5.74) is 4.36. The van der Waals surface area contributed by atoms with Gasteiger partial charge in [-0.15, -0.1) is 0 Å². The lowest BCUT2D eigenvalue weighted by atomic mass is 9.95. The van der Waals surface area contributed by atoms with E-state index in [9.17, 15) is 4.79 Å². The SMILES string of the molecule is Cc1ccc(C(=O)[C@H]2Oc3c(Cl)cc(Cl)cc3[C@@H]3CC(c4ccc(Br)cc4)=NN23)cc1. The van der Waals surface area contributed by atoms with Crippen molar-refractivity contribution in [2.75, 3.05) is 0 Å². The third kappa shape index (κ3) is 3.75. The Kier molecular flexibility index (Phi) is 5.29. The van der Waals surface area contributed by atoms with Gasteiger partial charge in [0.05, 0.1) is 16.8 Å². The quantitative estimate of drug-likeness (QED) is 0.359. The maximum absolute atomic E-state index is 13.4. The van der Waals surface area contributed by atoms with Crippen LogP contribution in [0.4, 0.5) is 0 Å². The molecule has 156 valence electrons. The smallest absolute Gasteiger partial charge is 0.251 e. The number of halogens is 3. The predicted molar refractivity (Wildman–Crippen MR) is 126 cm³/mol. The zero-order valence-electron chi connectivity index (χ0n) is 16.5. The molecular weight excluding hydrogens is 499 g/mol. The van der Waals surface area contributed by atoms with Crippen LogP contribution in [-0.4, -0.2) is 22.7 Å². The molecule has 0 spiro atoms. The summed E-state index contributed by atoms with van der Waals surface area (Å²) in [6, 6.07) is 18.7. The molecule has 0 saturated heterocycles. The minimum atomic E-state index is -0.910. The van der Waals surface area contributed by atoms with Crippen LogP contribution in [0.15, 0.2) is 70.2 Å². The first-order chi connectivity index (χ1) is 14.9. The maximum Gasteiger partial charge on any atom is 0.251 e. The van der Waals surface area contributed by atoms with Gasteiger partial charge in [0, 0.05) is 27.0 Å². The third-order valence-corrected chi connectivity index (χ3v) is 6.57. The number of rotatable bonds is 3. The largest absolute Gasteiger partial charge is 0.459 e. The summed E-state index contributed by atoms with van der Waals surface area (Å²) in [6.07, 6.45) is -0.293. The van der Waals surface area contributed by atoms with Gasteiger partial charge >= 0.3 is 0 Å². The molecule has 0 radical (unpaired) electrons. The van der Waals surface area contributed by atoms with Crippen molar-refractivity contribution >= 4 is 50.6 Å². The van der Waals surface area contributed by atoms with Crippen LogP contribution in [0.25, 0.3) is 0 Å². The summed E-state index contributed by atoms with van der Waals surface area (Å²) < 4.78 is 7.15. The molecule has 0 fully saturated rings. The Morgan fingerprint density at radius 2 is 1.81 bits per heavy atom. The molecule has 3 aromatic rings. The average molecular weight is 516 g/mol. The number of carbonyl (C=O) groups excluding carboxylic acids is 1. The molecular formula is C24H17BrCl2N2O2. The lowest BCUT2D eigenvalue weighted by Gasteiger charge is -2.37.